The Hall–Kier alpha value is -2.37. The molecule has 0 fully saturated rings. The highest BCUT2D eigenvalue weighted by atomic mass is 16.5. The van der Waals surface area contributed by atoms with E-state index in [1.807, 2.05) is 51.1 Å². The summed E-state index contributed by atoms with van der Waals surface area (Å²) in [4.78, 5) is 34.6. The first-order valence-electron chi connectivity index (χ1n) is 7.03. The zero-order valence-electron chi connectivity index (χ0n) is 13.1. The molecule has 0 aromatic heterocycles. The van der Waals surface area contributed by atoms with E-state index in [-0.39, 0.29) is 36.9 Å². The molecule has 0 aliphatic rings. The summed E-state index contributed by atoms with van der Waals surface area (Å²) in [6.45, 7) is 4.88. The maximum absolute atomic E-state index is 11.6. The van der Waals surface area contributed by atoms with E-state index in [2.05, 4.69) is 10.6 Å². The number of ether oxygens (including phenoxy) is 1. The van der Waals surface area contributed by atoms with Crippen LogP contribution in [-0.2, 0) is 25.5 Å². The van der Waals surface area contributed by atoms with Crippen LogP contribution in [0, 0.1) is 0 Å². The number of rotatable bonds is 6. The molecular formula is C16H22N2O4. The molecule has 0 atom stereocenters. The summed E-state index contributed by atoms with van der Waals surface area (Å²) < 4.78 is 4.78. The van der Waals surface area contributed by atoms with Gasteiger partial charge in [0.15, 0.2) is 6.61 Å². The van der Waals surface area contributed by atoms with Gasteiger partial charge in [-0.1, -0.05) is 30.3 Å². The molecule has 0 radical (unpaired) electrons. The van der Waals surface area contributed by atoms with Crippen LogP contribution in [0.5, 0.6) is 0 Å². The molecule has 22 heavy (non-hydrogen) atoms. The van der Waals surface area contributed by atoms with Crippen molar-refractivity contribution >= 4 is 17.8 Å². The van der Waals surface area contributed by atoms with E-state index < -0.39 is 5.97 Å². The fourth-order valence-corrected chi connectivity index (χ4v) is 1.67. The van der Waals surface area contributed by atoms with Gasteiger partial charge in [-0.25, -0.2) is 0 Å². The van der Waals surface area contributed by atoms with E-state index in [1.54, 1.807) is 0 Å². The number of carbonyl (C=O) groups is 3. The highest BCUT2D eigenvalue weighted by Crippen LogP contribution is 1.99. The first-order valence-corrected chi connectivity index (χ1v) is 7.03. The average molecular weight is 306 g/mol. The molecule has 1 aromatic rings. The lowest BCUT2D eigenvalue weighted by molar-refractivity contribution is -0.148. The van der Waals surface area contributed by atoms with Crippen LogP contribution < -0.4 is 10.6 Å². The zero-order chi connectivity index (χ0) is 16.6. The fraction of sp³-hybridized carbons (Fsp3) is 0.438. The van der Waals surface area contributed by atoms with Crippen molar-refractivity contribution < 1.29 is 19.1 Å². The van der Waals surface area contributed by atoms with Crippen LogP contribution in [0.1, 0.15) is 26.3 Å². The molecule has 120 valence electrons. The number of hydrogen-bond donors (Lipinski definition) is 2. The third kappa shape index (κ3) is 8.04. The minimum absolute atomic E-state index is 0.193. The second-order valence-corrected chi connectivity index (χ2v) is 5.90. The number of esters is 1. The zero-order valence-corrected chi connectivity index (χ0v) is 13.1. The molecule has 2 N–H and O–H groups in total. The van der Waals surface area contributed by atoms with Crippen molar-refractivity contribution in [2.45, 2.75) is 32.7 Å². The van der Waals surface area contributed by atoms with Gasteiger partial charge in [-0.2, -0.15) is 0 Å². The highest BCUT2D eigenvalue weighted by molar-refractivity contribution is 5.85. The molecule has 2 amide bonds. The molecule has 0 aliphatic heterocycles. The molecule has 0 spiro atoms. The number of benzene rings is 1. The van der Waals surface area contributed by atoms with E-state index in [1.165, 1.54) is 0 Å². The van der Waals surface area contributed by atoms with Gasteiger partial charge in [0.2, 0.25) is 5.91 Å². The van der Waals surface area contributed by atoms with Crippen molar-refractivity contribution in [3.05, 3.63) is 35.9 Å². The van der Waals surface area contributed by atoms with Crippen LogP contribution >= 0.6 is 0 Å². The number of hydrogen-bond acceptors (Lipinski definition) is 4. The van der Waals surface area contributed by atoms with Gasteiger partial charge in [-0.05, 0) is 26.3 Å². The molecule has 0 saturated carbocycles. The van der Waals surface area contributed by atoms with Crippen LogP contribution in [0.15, 0.2) is 30.3 Å². The Morgan fingerprint density at radius 3 is 2.27 bits per heavy atom. The maximum Gasteiger partial charge on any atom is 0.325 e. The standard InChI is InChI=1S/C16H22N2O4/c1-16(2,3)18-14(20)11-22-15(21)10-17-13(19)9-12-7-5-4-6-8-12/h4-8H,9-11H2,1-3H3,(H,17,19)(H,18,20). The van der Waals surface area contributed by atoms with Crippen LogP contribution in [0.3, 0.4) is 0 Å². The van der Waals surface area contributed by atoms with E-state index in [4.69, 9.17) is 4.74 Å². The highest BCUT2D eigenvalue weighted by Gasteiger charge is 2.15. The van der Waals surface area contributed by atoms with Crippen molar-refractivity contribution in [1.29, 1.82) is 0 Å². The van der Waals surface area contributed by atoms with Gasteiger partial charge in [-0.3, -0.25) is 14.4 Å². The van der Waals surface area contributed by atoms with E-state index in [0.29, 0.717) is 0 Å². The van der Waals surface area contributed by atoms with Crippen LogP contribution in [0.2, 0.25) is 0 Å². The summed E-state index contributed by atoms with van der Waals surface area (Å²) in [5.74, 6) is -1.30. The molecule has 0 aliphatic carbocycles. The maximum atomic E-state index is 11.6. The second kappa shape index (κ2) is 8.17. The first-order chi connectivity index (χ1) is 10.3. The average Bonchev–Trinajstić information content (AvgIpc) is 2.42. The molecule has 0 saturated heterocycles. The third-order valence-corrected chi connectivity index (χ3v) is 2.52. The first kappa shape index (κ1) is 17.7. The van der Waals surface area contributed by atoms with E-state index in [0.717, 1.165) is 5.56 Å². The monoisotopic (exact) mass is 306 g/mol. The van der Waals surface area contributed by atoms with Gasteiger partial charge in [-0.15, -0.1) is 0 Å². The van der Waals surface area contributed by atoms with Crippen molar-refractivity contribution in [3.8, 4) is 0 Å². The summed E-state index contributed by atoms with van der Waals surface area (Å²) in [6, 6.07) is 9.19. The number of carbonyl (C=O) groups excluding carboxylic acids is 3. The van der Waals surface area contributed by atoms with Crippen LogP contribution in [0.25, 0.3) is 0 Å². The summed E-state index contributed by atoms with van der Waals surface area (Å²) >= 11 is 0. The normalized spacial score (nSPS) is 10.7. The van der Waals surface area contributed by atoms with Gasteiger partial charge < -0.3 is 15.4 Å². The molecule has 6 heteroatoms. The fourth-order valence-electron chi connectivity index (χ4n) is 1.67. The minimum Gasteiger partial charge on any atom is -0.454 e. The predicted octanol–water partition coefficient (Wildman–Crippen LogP) is 0.803. The Bertz CT molecular complexity index is 521. The molecule has 0 bridgehead atoms. The van der Waals surface area contributed by atoms with Gasteiger partial charge in [0.05, 0.1) is 6.42 Å². The van der Waals surface area contributed by atoms with Crippen LogP contribution in [-0.4, -0.2) is 36.5 Å². The van der Waals surface area contributed by atoms with Gasteiger partial charge in [0.1, 0.15) is 6.54 Å². The van der Waals surface area contributed by atoms with Crippen LogP contribution in [0.4, 0.5) is 0 Å². The number of amides is 2. The topological polar surface area (TPSA) is 84.5 Å². The van der Waals surface area contributed by atoms with Crippen molar-refractivity contribution in [1.82, 2.24) is 10.6 Å². The Balaban J connectivity index is 2.23. The smallest absolute Gasteiger partial charge is 0.325 e. The Kier molecular flexibility index (Phi) is 6.56. The lowest BCUT2D eigenvalue weighted by Gasteiger charge is -2.20. The quantitative estimate of drug-likeness (QED) is 0.762. The second-order valence-electron chi connectivity index (χ2n) is 5.90. The van der Waals surface area contributed by atoms with Gasteiger partial charge in [0.25, 0.3) is 5.91 Å². The SMILES string of the molecule is CC(C)(C)NC(=O)COC(=O)CNC(=O)Cc1ccccc1. The van der Waals surface area contributed by atoms with Crippen molar-refractivity contribution in [2.75, 3.05) is 13.2 Å². The molecule has 0 unspecified atom stereocenters. The predicted molar refractivity (Wildman–Crippen MR) is 82.0 cm³/mol. The van der Waals surface area contributed by atoms with E-state index in [9.17, 15) is 14.4 Å². The summed E-state index contributed by atoms with van der Waals surface area (Å²) in [7, 11) is 0. The van der Waals surface area contributed by atoms with E-state index >= 15 is 0 Å². The molecule has 1 rings (SSSR count). The van der Waals surface area contributed by atoms with Gasteiger partial charge >= 0.3 is 5.97 Å². The molecule has 0 heterocycles. The molecular weight excluding hydrogens is 284 g/mol. The Morgan fingerprint density at radius 1 is 1.05 bits per heavy atom. The van der Waals surface area contributed by atoms with Crippen molar-refractivity contribution in [3.63, 3.8) is 0 Å². The molecule has 1 aromatic carbocycles. The van der Waals surface area contributed by atoms with Crippen molar-refractivity contribution in [2.24, 2.45) is 0 Å². The van der Waals surface area contributed by atoms with Gasteiger partial charge in [0, 0.05) is 5.54 Å². The number of nitrogens with one attached hydrogen (secondary N) is 2. The largest absolute Gasteiger partial charge is 0.454 e. The summed E-state index contributed by atoms with van der Waals surface area (Å²) in [5.41, 5.74) is 0.478. The lowest BCUT2D eigenvalue weighted by atomic mass is 10.1. The molecule has 6 nitrogen and oxygen atoms in total. The Morgan fingerprint density at radius 2 is 1.68 bits per heavy atom. The summed E-state index contributed by atoms with van der Waals surface area (Å²) in [5, 5.41) is 5.13. The third-order valence-electron chi connectivity index (χ3n) is 2.52. The minimum atomic E-state index is -0.648. The Labute approximate surface area is 130 Å². The lowest BCUT2D eigenvalue weighted by Crippen LogP contribution is -2.43. The summed E-state index contributed by atoms with van der Waals surface area (Å²) in [6.07, 6.45) is 0.193.